The lowest BCUT2D eigenvalue weighted by Crippen LogP contribution is -2.25. The van der Waals surface area contributed by atoms with Crippen molar-refractivity contribution in [1.29, 1.82) is 0 Å². The average Bonchev–Trinajstić information content (AvgIpc) is 2.68. The van der Waals surface area contributed by atoms with Gasteiger partial charge in [0.15, 0.2) is 17.2 Å². The van der Waals surface area contributed by atoms with Gasteiger partial charge < -0.3 is 15.2 Å². The average molecular weight is 454 g/mol. The third-order valence-corrected chi connectivity index (χ3v) is 6.17. The van der Waals surface area contributed by atoms with Gasteiger partial charge in [0.2, 0.25) is 0 Å². The zero-order valence-corrected chi connectivity index (χ0v) is 22.3. The molecule has 0 saturated heterocycles. The second-order valence-corrected chi connectivity index (χ2v) is 12.3. The normalized spacial score (nSPS) is 15.0. The van der Waals surface area contributed by atoms with Crippen LogP contribution in [0.5, 0.6) is 17.2 Å². The Hall–Kier alpha value is -2.16. The van der Waals surface area contributed by atoms with E-state index in [4.69, 9.17) is 15.2 Å². The van der Waals surface area contributed by atoms with Crippen molar-refractivity contribution in [3.8, 4) is 17.2 Å². The standard InChI is InChI=1S/C30H47NO2/c1-22(19-29(3,4)5)17-18-24(23(2)20-30(6,7)8)21-32-27-15-11-12-16-28(27)33-26-14-10-9-13-25(26)31/h9-16,22-24H,17-21,31H2,1-8H3. The van der Waals surface area contributed by atoms with Crippen molar-refractivity contribution in [3.05, 3.63) is 48.5 Å². The molecule has 0 fully saturated rings. The van der Waals surface area contributed by atoms with Crippen molar-refractivity contribution in [2.75, 3.05) is 12.3 Å². The summed E-state index contributed by atoms with van der Waals surface area (Å²) in [4.78, 5) is 0. The summed E-state index contributed by atoms with van der Waals surface area (Å²) in [5.41, 5.74) is 7.39. The van der Waals surface area contributed by atoms with Gasteiger partial charge in [-0.05, 0) is 72.1 Å². The SMILES string of the molecule is CC(CCC(COc1ccccc1Oc1ccccc1N)C(C)CC(C)(C)C)CC(C)(C)C. The Bertz CT molecular complexity index is 847. The van der Waals surface area contributed by atoms with E-state index in [0.717, 1.165) is 5.75 Å². The molecule has 2 rings (SSSR count). The highest BCUT2D eigenvalue weighted by atomic mass is 16.5. The van der Waals surface area contributed by atoms with Crippen molar-refractivity contribution < 1.29 is 9.47 Å². The highest BCUT2D eigenvalue weighted by molar-refractivity contribution is 5.55. The molecule has 0 heterocycles. The minimum Gasteiger partial charge on any atom is -0.489 e. The predicted molar refractivity (Wildman–Crippen MR) is 142 cm³/mol. The van der Waals surface area contributed by atoms with E-state index >= 15 is 0 Å². The zero-order chi connectivity index (χ0) is 24.6. The third kappa shape index (κ3) is 10.1. The fourth-order valence-corrected chi connectivity index (χ4v) is 4.85. The van der Waals surface area contributed by atoms with Gasteiger partial charge in [-0.3, -0.25) is 0 Å². The lowest BCUT2D eigenvalue weighted by Gasteiger charge is -2.31. The van der Waals surface area contributed by atoms with Gasteiger partial charge in [-0.15, -0.1) is 0 Å². The minimum absolute atomic E-state index is 0.306. The Morgan fingerprint density at radius 3 is 1.85 bits per heavy atom. The highest BCUT2D eigenvalue weighted by Gasteiger charge is 2.25. The number of benzene rings is 2. The van der Waals surface area contributed by atoms with E-state index in [0.29, 0.717) is 52.4 Å². The second-order valence-electron chi connectivity index (χ2n) is 12.3. The smallest absolute Gasteiger partial charge is 0.169 e. The molecule has 0 aromatic heterocycles. The number of hydrogen-bond donors (Lipinski definition) is 1. The van der Waals surface area contributed by atoms with Gasteiger partial charge in [-0.2, -0.15) is 0 Å². The molecule has 3 unspecified atom stereocenters. The van der Waals surface area contributed by atoms with Gasteiger partial charge in [-0.1, -0.05) is 86.1 Å². The quantitative estimate of drug-likeness (QED) is 0.345. The van der Waals surface area contributed by atoms with Gasteiger partial charge in [-0.25, -0.2) is 0 Å². The number of ether oxygens (including phenoxy) is 2. The molecule has 2 N–H and O–H groups in total. The van der Waals surface area contributed by atoms with Crippen molar-refractivity contribution in [2.24, 2.45) is 28.6 Å². The summed E-state index contributed by atoms with van der Waals surface area (Å²) in [6.07, 6.45) is 4.86. The van der Waals surface area contributed by atoms with Crippen LogP contribution in [0.25, 0.3) is 0 Å². The summed E-state index contributed by atoms with van der Waals surface area (Å²) >= 11 is 0. The van der Waals surface area contributed by atoms with Gasteiger partial charge in [0.05, 0.1) is 12.3 Å². The Kier molecular flexibility index (Phi) is 9.70. The number of hydrogen-bond acceptors (Lipinski definition) is 3. The predicted octanol–water partition coefficient (Wildman–Crippen LogP) is 8.98. The molecule has 0 amide bonds. The molecule has 0 spiro atoms. The number of anilines is 1. The number of nitrogens with two attached hydrogens (primary N) is 1. The molecular formula is C30H47NO2. The summed E-state index contributed by atoms with van der Waals surface area (Å²) in [6, 6.07) is 15.5. The molecule has 33 heavy (non-hydrogen) atoms. The van der Waals surface area contributed by atoms with E-state index in [1.54, 1.807) is 0 Å². The molecule has 2 aromatic rings. The first-order valence-electron chi connectivity index (χ1n) is 12.6. The summed E-state index contributed by atoms with van der Waals surface area (Å²) < 4.78 is 12.5. The first-order chi connectivity index (χ1) is 15.3. The second kappa shape index (κ2) is 11.8. The van der Waals surface area contributed by atoms with Crippen LogP contribution >= 0.6 is 0 Å². The first-order valence-corrected chi connectivity index (χ1v) is 12.6. The van der Waals surface area contributed by atoms with Gasteiger partial charge in [0.25, 0.3) is 0 Å². The topological polar surface area (TPSA) is 44.5 Å². The van der Waals surface area contributed by atoms with Crippen molar-refractivity contribution in [1.82, 2.24) is 0 Å². The molecule has 0 aliphatic rings. The van der Waals surface area contributed by atoms with Crippen molar-refractivity contribution >= 4 is 5.69 Å². The zero-order valence-electron chi connectivity index (χ0n) is 22.3. The van der Waals surface area contributed by atoms with E-state index in [-0.39, 0.29) is 0 Å². The Balaban J connectivity index is 2.10. The van der Waals surface area contributed by atoms with Crippen LogP contribution in [0.4, 0.5) is 5.69 Å². The molecule has 3 heteroatoms. The van der Waals surface area contributed by atoms with E-state index in [2.05, 4.69) is 55.4 Å². The Morgan fingerprint density at radius 2 is 1.27 bits per heavy atom. The summed E-state index contributed by atoms with van der Waals surface area (Å²) in [7, 11) is 0. The third-order valence-electron chi connectivity index (χ3n) is 6.17. The van der Waals surface area contributed by atoms with Crippen LogP contribution in [0.3, 0.4) is 0 Å². The fraction of sp³-hybridized carbons (Fsp3) is 0.600. The number of nitrogen functional groups attached to an aromatic ring is 1. The summed E-state index contributed by atoms with van der Waals surface area (Å²) in [5, 5.41) is 0. The van der Waals surface area contributed by atoms with Gasteiger partial charge >= 0.3 is 0 Å². The van der Waals surface area contributed by atoms with Crippen LogP contribution in [0.1, 0.15) is 81.1 Å². The maximum absolute atomic E-state index is 6.41. The monoisotopic (exact) mass is 453 g/mol. The molecule has 0 aliphatic carbocycles. The molecular weight excluding hydrogens is 406 g/mol. The molecule has 3 nitrogen and oxygen atoms in total. The van der Waals surface area contributed by atoms with Gasteiger partial charge in [0, 0.05) is 0 Å². The maximum Gasteiger partial charge on any atom is 0.169 e. The molecule has 0 aliphatic heterocycles. The lowest BCUT2D eigenvalue weighted by atomic mass is 9.76. The maximum atomic E-state index is 6.41. The number of para-hydroxylation sites is 4. The molecule has 3 atom stereocenters. The van der Waals surface area contributed by atoms with E-state index in [1.165, 1.54) is 25.7 Å². The van der Waals surface area contributed by atoms with Crippen molar-refractivity contribution in [3.63, 3.8) is 0 Å². The lowest BCUT2D eigenvalue weighted by molar-refractivity contribution is 0.145. The fourth-order valence-electron chi connectivity index (χ4n) is 4.85. The Morgan fingerprint density at radius 1 is 0.727 bits per heavy atom. The number of rotatable bonds is 11. The Labute approximate surface area is 203 Å². The largest absolute Gasteiger partial charge is 0.489 e. The minimum atomic E-state index is 0.306. The molecule has 0 radical (unpaired) electrons. The van der Waals surface area contributed by atoms with Gasteiger partial charge in [0.1, 0.15) is 0 Å². The molecule has 0 bridgehead atoms. The van der Waals surface area contributed by atoms with E-state index in [9.17, 15) is 0 Å². The van der Waals surface area contributed by atoms with Crippen LogP contribution in [0, 0.1) is 28.6 Å². The van der Waals surface area contributed by atoms with Crippen LogP contribution in [0.15, 0.2) is 48.5 Å². The van der Waals surface area contributed by atoms with E-state index in [1.807, 2.05) is 48.5 Å². The van der Waals surface area contributed by atoms with Crippen LogP contribution in [0.2, 0.25) is 0 Å². The van der Waals surface area contributed by atoms with Crippen molar-refractivity contribution in [2.45, 2.75) is 81.1 Å². The molecule has 0 saturated carbocycles. The van der Waals surface area contributed by atoms with E-state index < -0.39 is 0 Å². The van der Waals surface area contributed by atoms with Crippen LogP contribution < -0.4 is 15.2 Å². The first kappa shape index (κ1) is 27.1. The summed E-state index contributed by atoms with van der Waals surface area (Å²) in [5.74, 6) is 3.94. The molecule has 2 aromatic carbocycles. The summed E-state index contributed by atoms with van der Waals surface area (Å²) in [6.45, 7) is 19.5. The highest BCUT2D eigenvalue weighted by Crippen LogP contribution is 2.37. The van der Waals surface area contributed by atoms with Crippen LogP contribution in [-0.4, -0.2) is 6.61 Å². The van der Waals surface area contributed by atoms with Crippen LogP contribution in [-0.2, 0) is 0 Å². The molecule has 184 valence electrons.